The number of anilines is 1. The molecule has 3 rings (SSSR count). The third-order valence-electron chi connectivity index (χ3n) is 3.83. The predicted molar refractivity (Wildman–Crippen MR) is 72.8 cm³/mol. The van der Waals surface area contributed by atoms with Gasteiger partial charge in [0.25, 0.3) is 0 Å². The Hall–Kier alpha value is -2.19. The minimum Gasteiger partial charge on any atom is -0.478 e. The Morgan fingerprint density at radius 1 is 1.62 bits per heavy atom. The third-order valence-corrected chi connectivity index (χ3v) is 3.83. The molecule has 0 aliphatic carbocycles. The van der Waals surface area contributed by atoms with Crippen molar-refractivity contribution in [2.45, 2.75) is 25.6 Å². The SMILES string of the molecule is C[C@H]1C[C@@H](CO)O[C@H]1c1cc(C(=O)O)c2c(N)ncnn12. The van der Waals surface area contributed by atoms with Crippen molar-refractivity contribution in [3.63, 3.8) is 0 Å². The second-order valence-corrected chi connectivity index (χ2v) is 5.27. The summed E-state index contributed by atoms with van der Waals surface area (Å²) >= 11 is 0. The molecule has 0 aromatic carbocycles. The number of aliphatic hydroxyl groups is 1. The fourth-order valence-corrected chi connectivity index (χ4v) is 2.87. The molecule has 1 fully saturated rings. The summed E-state index contributed by atoms with van der Waals surface area (Å²) in [5.41, 5.74) is 6.70. The van der Waals surface area contributed by atoms with Gasteiger partial charge in [-0.05, 0) is 18.4 Å². The molecule has 8 heteroatoms. The van der Waals surface area contributed by atoms with Crippen molar-refractivity contribution >= 4 is 17.3 Å². The monoisotopic (exact) mass is 292 g/mol. The van der Waals surface area contributed by atoms with Crippen LogP contribution in [-0.4, -0.2) is 43.5 Å². The first-order chi connectivity index (χ1) is 10.0. The van der Waals surface area contributed by atoms with E-state index in [1.54, 1.807) is 0 Å². The van der Waals surface area contributed by atoms with E-state index in [0.717, 1.165) is 0 Å². The molecule has 0 radical (unpaired) electrons. The maximum atomic E-state index is 11.4. The largest absolute Gasteiger partial charge is 0.478 e. The molecule has 112 valence electrons. The van der Waals surface area contributed by atoms with Crippen LogP contribution < -0.4 is 5.73 Å². The van der Waals surface area contributed by atoms with Crippen LogP contribution in [0.1, 0.15) is 35.5 Å². The lowest BCUT2D eigenvalue weighted by Crippen LogP contribution is -2.12. The van der Waals surface area contributed by atoms with Crippen molar-refractivity contribution in [1.29, 1.82) is 0 Å². The standard InChI is InChI=1S/C13H16N4O4/c1-6-2-7(4-18)21-11(6)9-3-8(13(19)20)10-12(14)15-5-16-17(9)10/h3,5-7,11,18H,2,4H2,1H3,(H,19,20)(H2,14,15,16)/t6-,7-,11+/m0/s1. The van der Waals surface area contributed by atoms with Crippen molar-refractivity contribution in [1.82, 2.24) is 14.6 Å². The Kier molecular flexibility index (Phi) is 3.26. The van der Waals surface area contributed by atoms with Crippen molar-refractivity contribution < 1.29 is 19.7 Å². The van der Waals surface area contributed by atoms with E-state index in [2.05, 4.69) is 10.1 Å². The number of aromatic carboxylic acids is 1. The predicted octanol–water partition coefficient (Wildman–Crippen LogP) is 0.468. The van der Waals surface area contributed by atoms with E-state index in [1.807, 2.05) is 6.92 Å². The number of nitrogen functional groups attached to an aromatic ring is 1. The van der Waals surface area contributed by atoms with Crippen molar-refractivity contribution in [3.8, 4) is 0 Å². The van der Waals surface area contributed by atoms with Gasteiger partial charge >= 0.3 is 5.97 Å². The second-order valence-electron chi connectivity index (χ2n) is 5.27. The highest BCUT2D eigenvalue weighted by atomic mass is 16.5. The summed E-state index contributed by atoms with van der Waals surface area (Å²) in [6.07, 6.45) is 1.40. The van der Waals surface area contributed by atoms with E-state index in [-0.39, 0.29) is 41.6 Å². The Morgan fingerprint density at radius 2 is 2.38 bits per heavy atom. The van der Waals surface area contributed by atoms with Crippen LogP contribution in [0.4, 0.5) is 5.82 Å². The van der Waals surface area contributed by atoms with Gasteiger partial charge in [0.05, 0.1) is 24.0 Å². The van der Waals surface area contributed by atoms with Gasteiger partial charge in [-0.15, -0.1) is 0 Å². The lowest BCUT2D eigenvalue weighted by molar-refractivity contribution is 0.00255. The maximum Gasteiger partial charge on any atom is 0.338 e. The molecule has 0 amide bonds. The van der Waals surface area contributed by atoms with E-state index in [0.29, 0.717) is 12.1 Å². The van der Waals surface area contributed by atoms with Gasteiger partial charge in [0.1, 0.15) is 17.9 Å². The van der Waals surface area contributed by atoms with E-state index < -0.39 is 5.97 Å². The van der Waals surface area contributed by atoms with Crippen LogP contribution in [-0.2, 0) is 4.74 Å². The third kappa shape index (κ3) is 2.12. The Morgan fingerprint density at radius 3 is 3.00 bits per heavy atom. The number of aliphatic hydroxyl groups excluding tert-OH is 1. The number of hydrogen-bond acceptors (Lipinski definition) is 6. The molecule has 0 unspecified atom stereocenters. The Labute approximate surface area is 120 Å². The van der Waals surface area contributed by atoms with Gasteiger partial charge in [-0.2, -0.15) is 5.10 Å². The molecule has 0 spiro atoms. The molecule has 3 atom stereocenters. The second kappa shape index (κ2) is 4.97. The van der Waals surface area contributed by atoms with Crippen LogP contribution in [0.5, 0.6) is 0 Å². The van der Waals surface area contributed by atoms with Gasteiger partial charge in [0, 0.05) is 0 Å². The molecule has 1 aliphatic heterocycles. The molecular formula is C13H16N4O4. The van der Waals surface area contributed by atoms with Crippen LogP contribution in [0.2, 0.25) is 0 Å². The molecular weight excluding hydrogens is 276 g/mol. The molecule has 1 aliphatic rings. The summed E-state index contributed by atoms with van der Waals surface area (Å²) in [5, 5.41) is 22.6. The molecule has 0 bridgehead atoms. The van der Waals surface area contributed by atoms with E-state index in [1.165, 1.54) is 16.9 Å². The highest BCUT2D eigenvalue weighted by molar-refractivity contribution is 5.99. The topological polar surface area (TPSA) is 123 Å². The number of carboxylic acids is 1. The van der Waals surface area contributed by atoms with Gasteiger partial charge in [-0.3, -0.25) is 0 Å². The van der Waals surface area contributed by atoms with Crippen LogP contribution >= 0.6 is 0 Å². The fourth-order valence-electron chi connectivity index (χ4n) is 2.87. The molecule has 0 saturated carbocycles. The van der Waals surface area contributed by atoms with Crippen LogP contribution in [0.3, 0.4) is 0 Å². The highest BCUT2D eigenvalue weighted by Gasteiger charge is 2.36. The van der Waals surface area contributed by atoms with Crippen molar-refractivity contribution in [3.05, 3.63) is 23.7 Å². The number of hydrogen-bond donors (Lipinski definition) is 3. The summed E-state index contributed by atoms with van der Waals surface area (Å²) in [4.78, 5) is 15.2. The van der Waals surface area contributed by atoms with Crippen LogP contribution in [0.15, 0.2) is 12.4 Å². The zero-order chi connectivity index (χ0) is 15.1. The lowest BCUT2D eigenvalue weighted by Gasteiger charge is -2.14. The number of nitrogens with two attached hydrogens (primary N) is 1. The molecule has 21 heavy (non-hydrogen) atoms. The molecule has 3 heterocycles. The minimum atomic E-state index is -1.09. The Bertz CT molecular complexity index is 699. The van der Waals surface area contributed by atoms with E-state index >= 15 is 0 Å². The minimum absolute atomic E-state index is 0.0475. The van der Waals surface area contributed by atoms with Gasteiger partial charge in [0.15, 0.2) is 5.82 Å². The number of fused-ring (bicyclic) bond motifs is 1. The maximum absolute atomic E-state index is 11.4. The van der Waals surface area contributed by atoms with Gasteiger partial charge in [0.2, 0.25) is 0 Å². The van der Waals surface area contributed by atoms with Crippen molar-refractivity contribution in [2.24, 2.45) is 5.92 Å². The van der Waals surface area contributed by atoms with Crippen LogP contribution in [0.25, 0.3) is 5.52 Å². The lowest BCUT2D eigenvalue weighted by atomic mass is 9.99. The molecule has 8 nitrogen and oxygen atoms in total. The number of rotatable bonds is 3. The zero-order valence-corrected chi connectivity index (χ0v) is 11.4. The highest BCUT2D eigenvalue weighted by Crippen LogP contribution is 2.39. The number of carbonyl (C=O) groups is 1. The summed E-state index contributed by atoms with van der Waals surface area (Å²) in [6.45, 7) is 1.93. The molecule has 1 saturated heterocycles. The average molecular weight is 292 g/mol. The summed E-state index contributed by atoms with van der Waals surface area (Å²) < 4.78 is 7.25. The number of carboxylic acid groups (broad SMARTS) is 1. The quantitative estimate of drug-likeness (QED) is 0.751. The van der Waals surface area contributed by atoms with Gasteiger partial charge < -0.3 is 20.7 Å². The number of ether oxygens (including phenoxy) is 1. The van der Waals surface area contributed by atoms with Gasteiger partial charge in [-0.25, -0.2) is 14.3 Å². The Balaban J connectivity index is 2.16. The first-order valence-corrected chi connectivity index (χ1v) is 6.64. The number of aromatic nitrogens is 3. The summed E-state index contributed by atoms with van der Waals surface area (Å²) in [7, 11) is 0. The zero-order valence-electron chi connectivity index (χ0n) is 11.4. The number of nitrogens with zero attached hydrogens (tertiary/aromatic N) is 3. The van der Waals surface area contributed by atoms with E-state index in [4.69, 9.17) is 10.5 Å². The summed E-state index contributed by atoms with van der Waals surface area (Å²) in [6, 6.07) is 1.52. The van der Waals surface area contributed by atoms with E-state index in [9.17, 15) is 15.0 Å². The van der Waals surface area contributed by atoms with Crippen molar-refractivity contribution in [2.75, 3.05) is 12.3 Å². The first kappa shape index (κ1) is 13.8. The van der Waals surface area contributed by atoms with Crippen LogP contribution in [0, 0.1) is 5.92 Å². The normalized spacial score (nSPS) is 25.5. The molecule has 4 N–H and O–H groups in total. The first-order valence-electron chi connectivity index (χ1n) is 6.64. The van der Waals surface area contributed by atoms with Gasteiger partial charge in [-0.1, -0.05) is 6.92 Å². The molecule has 2 aromatic rings. The summed E-state index contributed by atoms with van der Waals surface area (Å²) in [5.74, 6) is -0.847. The fraction of sp³-hybridized carbons (Fsp3) is 0.462. The average Bonchev–Trinajstić information content (AvgIpc) is 3.00. The smallest absolute Gasteiger partial charge is 0.338 e. The molecule has 2 aromatic heterocycles.